The van der Waals surface area contributed by atoms with Gasteiger partial charge in [0.25, 0.3) is 5.91 Å². The van der Waals surface area contributed by atoms with Gasteiger partial charge in [0.15, 0.2) is 0 Å². The van der Waals surface area contributed by atoms with Gasteiger partial charge in [0.1, 0.15) is 0 Å². The minimum absolute atomic E-state index is 0.0733. The molecule has 0 bridgehead atoms. The molecule has 1 saturated heterocycles. The van der Waals surface area contributed by atoms with Crippen molar-refractivity contribution in [3.8, 4) is 0 Å². The maximum Gasteiger partial charge on any atom is 0.253 e. The summed E-state index contributed by atoms with van der Waals surface area (Å²) in [4.78, 5) is 29.5. The van der Waals surface area contributed by atoms with Crippen LogP contribution in [0.3, 0.4) is 0 Å². The topological polar surface area (TPSA) is 43.9 Å². The summed E-state index contributed by atoms with van der Waals surface area (Å²) in [5, 5.41) is 0. The number of carbonyl (C=O) groups excluding carboxylic acids is 2. The predicted octanol–water partition coefficient (Wildman–Crippen LogP) is 0.533. The molecule has 1 aromatic carbocycles. The number of piperazine rings is 1. The van der Waals surface area contributed by atoms with Crippen LogP contribution in [0.25, 0.3) is 0 Å². The molecule has 0 spiro atoms. The number of nitrogens with zero attached hydrogens (tertiary/aromatic N) is 3. The summed E-state index contributed by atoms with van der Waals surface area (Å²) >= 11 is 0. The molecule has 1 fully saturated rings. The highest BCUT2D eigenvalue weighted by Gasteiger charge is 2.23. The predicted molar refractivity (Wildman–Crippen MR) is 77.5 cm³/mol. The molecule has 2 amide bonds. The smallest absolute Gasteiger partial charge is 0.253 e. The van der Waals surface area contributed by atoms with E-state index in [-0.39, 0.29) is 11.8 Å². The third-order valence-electron chi connectivity index (χ3n) is 3.54. The van der Waals surface area contributed by atoms with Crippen LogP contribution in [0.1, 0.15) is 10.4 Å². The van der Waals surface area contributed by atoms with Gasteiger partial charge >= 0.3 is 0 Å². The lowest BCUT2D eigenvalue weighted by atomic mass is 10.2. The van der Waals surface area contributed by atoms with Crippen LogP contribution in [-0.2, 0) is 4.79 Å². The van der Waals surface area contributed by atoms with Crippen LogP contribution in [0, 0.1) is 0 Å². The average Bonchev–Trinajstić information content (AvgIpc) is 2.48. The molecule has 1 aromatic rings. The van der Waals surface area contributed by atoms with Crippen molar-refractivity contribution in [2.45, 2.75) is 0 Å². The summed E-state index contributed by atoms with van der Waals surface area (Å²) in [6.45, 7) is 3.28. The van der Waals surface area contributed by atoms with E-state index in [0.717, 1.165) is 18.7 Å². The second kappa shape index (κ2) is 6.52. The Morgan fingerprint density at radius 2 is 1.65 bits per heavy atom. The van der Waals surface area contributed by atoms with Gasteiger partial charge in [-0.3, -0.25) is 14.5 Å². The Morgan fingerprint density at radius 3 is 2.20 bits per heavy atom. The van der Waals surface area contributed by atoms with E-state index in [2.05, 4.69) is 4.90 Å². The molecule has 0 radical (unpaired) electrons. The summed E-state index contributed by atoms with van der Waals surface area (Å²) in [5.41, 5.74) is 0.727. The van der Waals surface area contributed by atoms with E-state index in [4.69, 9.17) is 0 Å². The van der Waals surface area contributed by atoms with Gasteiger partial charge in [-0.05, 0) is 12.1 Å². The van der Waals surface area contributed by atoms with Crippen molar-refractivity contribution < 1.29 is 9.59 Å². The number of hydrogen-bond acceptors (Lipinski definition) is 3. The van der Waals surface area contributed by atoms with E-state index >= 15 is 0 Å². The first-order valence-electron chi connectivity index (χ1n) is 6.85. The second-order valence-corrected chi connectivity index (χ2v) is 5.22. The van der Waals surface area contributed by atoms with Gasteiger partial charge in [-0.15, -0.1) is 0 Å². The first-order chi connectivity index (χ1) is 9.58. The number of benzene rings is 1. The lowest BCUT2D eigenvalue weighted by Gasteiger charge is -2.34. The van der Waals surface area contributed by atoms with Gasteiger partial charge in [0.05, 0.1) is 6.54 Å². The zero-order valence-electron chi connectivity index (χ0n) is 12.1. The van der Waals surface area contributed by atoms with E-state index in [1.807, 2.05) is 35.2 Å². The van der Waals surface area contributed by atoms with Gasteiger partial charge in [-0.1, -0.05) is 18.2 Å². The number of likely N-dealkylation sites (N-methyl/N-ethyl adjacent to an activating group) is 1. The Labute approximate surface area is 119 Å². The van der Waals surface area contributed by atoms with Crippen molar-refractivity contribution in [2.24, 2.45) is 0 Å². The minimum Gasteiger partial charge on any atom is -0.348 e. The molecule has 0 atom stereocenters. The van der Waals surface area contributed by atoms with Gasteiger partial charge in [0, 0.05) is 45.8 Å². The molecule has 5 nitrogen and oxygen atoms in total. The molecule has 1 heterocycles. The minimum atomic E-state index is 0.0733. The zero-order chi connectivity index (χ0) is 14.5. The maximum absolute atomic E-state index is 12.3. The van der Waals surface area contributed by atoms with Gasteiger partial charge in [-0.2, -0.15) is 0 Å². The Hall–Kier alpha value is -1.88. The van der Waals surface area contributed by atoms with Crippen molar-refractivity contribution in [3.63, 3.8) is 0 Å². The Bertz CT molecular complexity index is 465. The fourth-order valence-corrected chi connectivity index (χ4v) is 2.21. The number of hydrogen-bond donors (Lipinski definition) is 0. The highest BCUT2D eigenvalue weighted by atomic mass is 16.2. The fourth-order valence-electron chi connectivity index (χ4n) is 2.21. The summed E-state index contributed by atoms with van der Waals surface area (Å²) in [6, 6.07) is 9.33. The summed E-state index contributed by atoms with van der Waals surface area (Å²) in [7, 11) is 3.52. The Kier molecular flexibility index (Phi) is 4.74. The van der Waals surface area contributed by atoms with Crippen LogP contribution in [0.4, 0.5) is 0 Å². The van der Waals surface area contributed by atoms with Crippen LogP contribution in [0.2, 0.25) is 0 Å². The molecule has 0 saturated carbocycles. The molecular weight excluding hydrogens is 254 g/mol. The third-order valence-corrected chi connectivity index (χ3v) is 3.54. The SMILES string of the molecule is CN(C)C(=O)CN1CCN(C(=O)c2ccccc2)CC1. The molecular formula is C15H21N3O2. The quantitative estimate of drug-likeness (QED) is 0.808. The third kappa shape index (κ3) is 3.57. The van der Waals surface area contributed by atoms with Gasteiger partial charge < -0.3 is 9.80 Å². The maximum atomic E-state index is 12.3. The molecule has 1 aliphatic heterocycles. The first-order valence-corrected chi connectivity index (χ1v) is 6.85. The molecule has 0 aromatic heterocycles. The number of amides is 2. The van der Waals surface area contributed by atoms with Gasteiger partial charge in [-0.25, -0.2) is 0 Å². The van der Waals surface area contributed by atoms with Crippen molar-refractivity contribution in [3.05, 3.63) is 35.9 Å². The summed E-state index contributed by atoms with van der Waals surface area (Å²) in [6.07, 6.45) is 0. The Balaban J connectivity index is 1.85. The molecule has 2 rings (SSSR count). The zero-order valence-corrected chi connectivity index (χ0v) is 12.1. The van der Waals surface area contributed by atoms with E-state index in [1.54, 1.807) is 19.0 Å². The van der Waals surface area contributed by atoms with Crippen LogP contribution < -0.4 is 0 Å². The molecule has 1 aliphatic rings. The van der Waals surface area contributed by atoms with Gasteiger partial charge in [0.2, 0.25) is 5.91 Å². The number of carbonyl (C=O) groups is 2. The van der Waals surface area contributed by atoms with E-state index in [1.165, 1.54) is 0 Å². The summed E-state index contributed by atoms with van der Waals surface area (Å²) < 4.78 is 0. The van der Waals surface area contributed by atoms with Crippen molar-refractivity contribution in [1.82, 2.24) is 14.7 Å². The van der Waals surface area contributed by atoms with Crippen LogP contribution in [0.15, 0.2) is 30.3 Å². The molecule has 20 heavy (non-hydrogen) atoms. The largest absolute Gasteiger partial charge is 0.348 e. The average molecular weight is 275 g/mol. The van der Waals surface area contributed by atoms with E-state index in [0.29, 0.717) is 19.6 Å². The monoisotopic (exact) mass is 275 g/mol. The normalized spacial score (nSPS) is 16.0. The Morgan fingerprint density at radius 1 is 1.05 bits per heavy atom. The van der Waals surface area contributed by atoms with E-state index in [9.17, 15) is 9.59 Å². The molecule has 5 heteroatoms. The molecule has 0 unspecified atom stereocenters. The molecule has 108 valence electrons. The van der Waals surface area contributed by atoms with E-state index < -0.39 is 0 Å². The highest BCUT2D eigenvalue weighted by Crippen LogP contribution is 2.08. The van der Waals surface area contributed by atoms with Crippen molar-refractivity contribution in [1.29, 1.82) is 0 Å². The van der Waals surface area contributed by atoms with Crippen molar-refractivity contribution >= 4 is 11.8 Å². The fraction of sp³-hybridized carbons (Fsp3) is 0.467. The second-order valence-electron chi connectivity index (χ2n) is 5.22. The first kappa shape index (κ1) is 14.5. The molecule has 0 aliphatic carbocycles. The number of rotatable bonds is 3. The molecule has 0 N–H and O–H groups in total. The lowest BCUT2D eigenvalue weighted by Crippen LogP contribution is -2.51. The van der Waals surface area contributed by atoms with Crippen LogP contribution in [0.5, 0.6) is 0 Å². The lowest BCUT2D eigenvalue weighted by molar-refractivity contribution is -0.130. The van der Waals surface area contributed by atoms with Crippen molar-refractivity contribution in [2.75, 3.05) is 46.8 Å². The summed E-state index contributed by atoms with van der Waals surface area (Å²) in [5.74, 6) is 0.178. The van der Waals surface area contributed by atoms with Crippen LogP contribution >= 0.6 is 0 Å². The van der Waals surface area contributed by atoms with Crippen LogP contribution in [-0.4, -0.2) is 73.3 Å². The highest BCUT2D eigenvalue weighted by molar-refractivity contribution is 5.94. The standard InChI is InChI=1S/C15H21N3O2/c1-16(2)14(19)12-17-8-10-18(11-9-17)15(20)13-6-4-3-5-7-13/h3-7H,8-12H2,1-2H3.